The van der Waals surface area contributed by atoms with Crippen LogP contribution in [0.4, 0.5) is 0 Å². The molecule has 1 fully saturated rings. The minimum atomic E-state index is -0.525. The average molecular weight is 533 g/mol. The standard InChI is InChI=1S/C34H34N2P2/c1-3-15-29(16-4-1)37-23-24-38(30-17-5-2-6-18-30)34-22-12-8-14-28(34)26-36-32-20-10-9-19-31(32)35-25-27-13-7-11-21-33(27)37/h1-8,11-18,21-22,25-26,31-32H,9-10,19-20,23-24H2/t31-,32-,37-,38-/m0/s1. The fourth-order valence-corrected chi connectivity index (χ4v) is 11.3. The largest absolute Gasteiger partial charge is 0.287 e. The van der Waals surface area contributed by atoms with E-state index in [1.165, 1.54) is 45.2 Å². The Balaban J connectivity index is 1.51. The molecule has 4 heteroatoms. The van der Waals surface area contributed by atoms with Crippen LogP contribution in [0.2, 0.25) is 0 Å². The number of hydrogen-bond acceptors (Lipinski definition) is 2. The third kappa shape index (κ3) is 5.73. The molecule has 4 aromatic rings. The lowest BCUT2D eigenvalue weighted by molar-refractivity contribution is 0.390. The maximum Gasteiger partial charge on any atom is 0.0723 e. The third-order valence-corrected chi connectivity index (χ3v) is 13.2. The minimum absolute atomic E-state index is 0.252. The van der Waals surface area contributed by atoms with Crippen LogP contribution < -0.4 is 21.2 Å². The van der Waals surface area contributed by atoms with Crippen molar-refractivity contribution < 1.29 is 0 Å². The highest BCUT2D eigenvalue weighted by Gasteiger charge is 2.26. The van der Waals surface area contributed by atoms with Crippen molar-refractivity contribution in [1.82, 2.24) is 0 Å². The molecular formula is C34H34N2P2. The Bertz CT molecular complexity index is 1290. The molecule has 38 heavy (non-hydrogen) atoms. The van der Waals surface area contributed by atoms with Gasteiger partial charge in [-0.05, 0) is 62.2 Å². The van der Waals surface area contributed by atoms with Crippen molar-refractivity contribution in [2.75, 3.05) is 12.3 Å². The molecule has 190 valence electrons. The molecular weight excluding hydrogens is 498 g/mol. The van der Waals surface area contributed by atoms with Crippen molar-refractivity contribution in [3.05, 3.63) is 120 Å². The van der Waals surface area contributed by atoms with E-state index in [9.17, 15) is 0 Å². The predicted octanol–water partition coefficient (Wildman–Crippen LogP) is 6.41. The summed E-state index contributed by atoms with van der Waals surface area (Å²) in [5.74, 6) is 0. The molecule has 0 aromatic heterocycles. The molecule has 0 saturated heterocycles. The molecule has 0 spiro atoms. The number of fused-ring (bicyclic) bond motifs is 3. The summed E-state index contributed by atoms with van der Waals surface area (Å²) in [6, 6.07) is 40.8. The Hall–Kier alpha value is -2.92. The lowest BCUT2D eigenvalue weighted by Gasteiger charge is -2.28. The number of hydrogen-bond donors (Lipinski definition) is 0. The van der Waals surface area contributed by atoms with Crippen LogP contribution in [0, 0.1) is 0 Å². The molecule has 4 atom stereocenters. The summed E-state index contributed by atoms with van der Waals surface area (Å²) < 4.78 is 0. The van der Waals surface area contributed by atoms with Gasteiger partial charge in [-0.2, -0.15) is 0 Å². The SMILES string of the molecule is C1=N[C@H]2CCCC[C@@H]2N=Cc2ccccc2[P@](c2ccccc2)CC[P@@](c2ccccc2)c2ccccc21. The first-order valence-corrected chi connectivity index (χ1v) is 16.8. The van der Waals surface area contributed by atoms with E-state index < -0.39 is 15.8 Å². The van der Waals surface area contributed by atoms with Crippen LogP contribution in [0.5, 0.6) is 0 Å². The second kappa shape index (κ2) is 12.3. The maximum absolute atomic E-state index is 5.20. The summed E-state index contributed by atoms with van der Waals surface area (Å²) in [6.45, 7) is 0. The summed E-state index contributed by atoms with van der Waals surface area (Å²) in [5.41, 5.74) is 2.55. The number of nitrogens with zero attached hydrogens (tertiary/aromatic N) is 2. The molecule has 0 unspecified atom stereocenters. The van der Waals surface area contributed by atoms with Gasteiger partial charge < -0.3 is 0 Å². The summed E-state index contributed by atoms with van der Waals surface area (Å²) >= 11 is 0. The summed E-state index contributed by atoms with van der Waals surface area (Å²) in [6.07, 6.45) is 11.3. The topological polar surface area (TPSA) is 24.7 Å². The molecule has 0 radical (unpaired) electrons. The second-order valence-electron chi connectivity index (χ2n) is 10.1. The molecule has 4 aromatic carbocycles. The van der Waals surface area contributed by atoms with Gasteiger partial charge in [0.05, 0.1) is 12.1 Å². The molecule has 1 saturated carbocycles. The Morgan fingerprint density at radius 2 is 0.868 bits per heavy atom. The average Bonchev–Trinajstić information content (AvgIpc) is 2.99. The van der Waals surface area contributed by atoms with Crippen LogP contribution >= 0.6 is 15.8 Å². The zero-order chi connectivity index (χ0) is 25.6. The van der Waals surface area contributed by atoms with Crippen molar-refractivity contribution in [3.8, 4) is 0 Å². The molecule has 1 aliphatic carbocycles. The lowest BCUT2D eigenvalue weighted by atomic mass is 9.91. The van der Waals surface area contributed by atoms with Gasteiger partial charge in [0.15, 0.2) is 0 Å². The molecule has 1 aliphatic heterocycles. The van der Waals surface area contributed by atoms with Crippen LogP contribution in [-0.2, 0) is 0 Å². The van der Waals surface area contributed by atoms with Gasteiger partial charge in [-0.15, -0.1) is 0 Å². The monoisotopic (exact) mass is 532 g/mol. The van der Waals surface area contributed by atoms with Crippen molar-refractivity contribution >= 4 is 49.5 Å². The second-order valence-corrected chi connectivity index (χ2v) is 14.7. The molecule has 0 N–H and O–H groups in total. The van der Waals surface area contributed by atoms with E-state index >= 15 is 0 Å². The first-order chi connectivity index (χ1) is 18.9. The van der Waals surface area contributed by atoms with E-state index in [1.54, 1.807) is 0 Å². The van der Waals surface area contributed by atoms with Gasteiger partial charge in [0, 0.05) is 23.6 Å². The highest BCUT2D eigenvalue weighted by molar-refractivity contribution is 7.76. The van der Waals surface area contributed by atoms with Gasteiger partial charge in [0.25, 0.3) is 0 Å². The molecule has 0 amide bonds. The first kappa shape index (κ1) is 25.4. The van der Waals surface area contributed by atoms with Crippen molar-refractivity contribution in [1.29, 1.82) is 0 Å². The Morgan fingerprint density at radius 3 is 1.32 bits per heavy atom. The van der Waals surface area contributed by atoms with Crippen LogP contribution in [-0.4, -0.2) is 36.8 Å². The summed E-state index contributed by atoms with van der Waals surface area (Å²) in [7, 11) is -1.05. The van der Waals surface area contributed by atoms with Crippen LogP contribution in [0.3, 0.4) is 0 Å². The highest BCUT2D eigenvalue weighted by atomic mass is 31.1. The number of benzene rings is 4. The van der Waals surface area contributed by atoms with E-state index in [-0.39, 0.29) is 12.1 Å². The molecule has 6 rings (SSSR count). The Labute approximate surface area is 229 Å². The summed E-state index contributed by atoms with van der Waals surface area (Å²) in [4.78, 5) is 10.4. The van der Waals surface area contributed by atoms with E-state index in [0.717, 1.165) is 25.2 Å². The third-order valence-electron chi connectivity index (χ3n) is 7.64. The Morgan fingerprint density at radius 1 is 0.474 bits per heavy atom. The smallest absolute Gasteiger partial charge is 0.0723 e. The Kier molecular flexibility index (Phi) is 8.20. The van der Waals surface area contributed by atoms with Gasteiger partial charge in [-0.25, -0.2) is 0 Å². The van der Waals surface area contributed by atoms with Gasteiger partial charge in [-0.3, -0.25) is 9.98 Å². The van der Waals surface area contributed by atoms with E-state index in [1.807, 2.05) is 0 Å². The van der Waals surface area contributed by atoms with Gasteiger partial charge in [0.1, 0.15) is 0 Å². The summed E-state index contributed by atoms with van der Waals surface area (Å²) in [5, 5.41) is 5.79. The zero-order valence-electron chi connectivity index (χ0n) is 21.7. The lowest BCUT2D eigenvalue weighted by Crippen LogP contribution is -2.28. The maximum atomic E-state index is 5.20. The van der Waals surface area contributed by atoms with Crippen molar-refractivity contribution in [3.63, 3.8) is 0 Å². The van der Waals surface area contributed by atoms with Crippen LogP contribution in [0.15, 0.2) is 119 Å². The highest BCUT2D eigenvalue weighted by Crippen LogP contribution is 2.42. The van der Waals surface area contributed by atoms with E-state index in [2.05, 4.69) is 122 Å². The van der Waals surface area contributed by atoms with Crippen molar-refractivity contribution in [2.24, 2.45) is 9.98 Å². The van der Waals surface area contributed by atoms with E-state index in [4.69, 9.17) is 9.98 Å². The minimum Gasteiger partial charge on any atom is -0.287 e. The normalized spacial score (nSPS) is 23.5. The van der Waals surface area contributed by atoms with Crippen LogP contribution in [0.1, 0.15) is 36.8 Å². The van der Waals surface area contributed by atoms with E-state index in [0.29, 0.717) is 0 Å². The molecule has 1 heterocycles. The first-order valence-electron chi connectivity index (χ1n) is 13.8. The van der Waals surface area contributed by atoms with Gasteiger partial charge in [-0.1, -0.05) is 122 Å². The van der Waals surface area contributed by atoms with Crippen molar-refractivity contribution in [2.45, 2.75) is 37.8 Å². The number of rotatable bonds is 2. The zero-order valence-corrected chi connectivity index (χ0v) is 23.5. The number of aliphatic imine (C=N–C) groups is 2. The fraction of sp³-hybridized carbons (Fsp3) is 0.235. The molecule has 2 nitrogen and oxygen atoms in total. The quantitative estimate of drug-likeness (QED) is 0.267. The van der Waals surface area contributed by atoms with Crippen LogP contribution in [0.25, 0.3) is 0 Å². The fourth-order valence-electron chi connectivity index (χ4n) is 5.67. The van der Waals surface area contributed by atoms with Gasteiger partial charge >= 0.3 is 0 Å². The molecule has 0 bridgehead atoms. The molecule has 2 aliphatic rings. The van der Waals surface area contributed by atoms with Gasteiger partial charge in [0.2, 0.25) is 0 Å². The predicted molar refractivity (Wildman–Crippen MR) is 169 cm³/mol.